The van der Waals surface area contributed by atoms with Gasteiger partial charge in [-0.2, -0.15) is 5.10 Å². The molecule has 5 rings (SSSR count). The Labute approximate surface area is 179 Å². The number of anilines is 1. The van der Waals surface area contributed by atoms with E-state index in [-0.39, 0.29) is 0 Å². The molecule has 0 aromatic heterocycles. The van der Waals surface area contributed by atoms with Crippen molar-refractivity contribution in [2.24, 2.45) is 5.10 Å². The fraction of sp³-hybridized carbons (Fsp3) is 0.269. The van der Waals surface area contributed by atoms with Crippen molar-refractivity contribution in [2.75, 3.05) is 45.2 Å². The van der Waals surface area contributed by atoms with E-state index in [1.807, 2.05) is 6.21 Å². The molecule has 2 aliphatic rings. The average molecular weight is 397 g/mol. The lowest BCUT2D eigenvalue weighted by molar-refractivity contribution is 0.114. The monoisotopic (exact) mass is 396 g/mol. The van der Waals surface area contributed by atoms with Crippen LogP contribution in [0.1, 0.15) is 22.7 Å². The first kappa shape index (κ1) is 18.9. The van der Waals surface area contributed by atoms with Crippen LogP contribution in [0.4, 0.5) is 5.69 Å². The molecule has 0 unspecified atom stereocenters. The third kappa shape index (κ3) is 3.48. The van der Waals surface area contributed by atoms with Gasteiger partial charge in [-0.25, -0.2) is 0 Å². The van der Waals surface area contributed by atoms with Crippen LogP contribution in [0.3, 0.4) is 0 Å². The van der Waals surface area contributed by atoms with Gasteiger partial charge in [-0.1, -0.05) is 60.7 Å². The lowest BCUT2D eigenvalue weighted by atomic mass is 10.0. The molecule has 0 bridgehead atoms. The number of piperazine rings is 1. The first-order chi connectivity index (χ1) is 14.7. The van der Waals surface area contributed by atoms with Crippen LogP contribution in [0.2, 0.25) is 0 Å². The molecule has 1 aliphatic heterocycles. The Hall–Kier alpha value is -3.11. The zero-order valence-corrected chi connectivity index (χ0v) is 17.7. The smallest absolute Gasteiger partial charge is 0.0615 e. The molecule has 0 atom stereocenters. The van der Waals surface area contributed by atoms with Crippen molar-refractivity contribution < 1.29 is 0 Å². The third-order valence-corrected chi connectivity index (χ3v) is 6.24. The maximum absolute atomic E-state index is 4.75. The molecule has 1 saturated heterocycles. The quantitative estimate of drug-likeness (QED) is 0.608. The third-order valence-electron chi connectivity index (χ3n) is 6.24. The van der Waals surface area contributed by atoms with Gasteiger partial charge in [-0.15, -0.1) is 0 Å². The summed E-state index contributed by atoms with van der Waals surface area (Å²) in [5, 5.41) is 6.94. The van der Waals surface area contributed by atoms with Crippen LogP contribution in [0.15, 0.2) is 77.9 Å². The summed E-state index contributed by atoms with van der Waals surface area (Å²) in [4.78, 5) is 4.72. The molecule has 0 amide bonds. The molecule has 4 heteroatoms. The Bertz CT molecular complexity index is 1000. The maximum Gasteiger partial charge on any atom is 0.0615 e. The van der Waals surface area contributed by atoms with Crippen LogP contribution in [-0.2, 0) is 0 Å². The van der Waals surface area contributed by atoms with Crippen molar-refractivity contribution >= 4 is 11.9 Å². The second-order valence-corrected chi connectivity index (χ2v) is 8.30. The van der Waals surface area contributed by atoms with Crippen molar-refractivity contribution in [2.45, 2.75) is 6.04 Å². The van der Waals surface area contributed by atoms with Crippen LogP contribution in [0.25, 0.3) is 11.1 Å². The number of hydrazone groups is 1. The summed E-state index contributed by atoms with van der Waals surface area (Å²) in [6.45, 7) is 3.94. The van der Waals surface area contributed by atoms with Gasteiger partial charge in [-0.05, 0) is 39.9 Å². The molecule has 3 aromatic carbocycles. The second-order valence-electron chi connectivity index (χ2n) is 8.30. The minimum Gasteiger partial charge on any atom is -0.378 e. The van der Waals surface area contributed by atoms with Crippen molar-refractivity contribution in [3.63, 3.8) is 0 Å². The van der Waals surface area contributed by atoms with E-state index in [1.165, 1.54) is 27.9 Å². The lowest BCUT2D eigenvalue weighted by Gasteiger charge is -2.37. The van der Waals surface area contributed by atoms with Gasteiger partial charge in [0.2, 0.25) is 0 Å². The predicted molar refractivity (Wildman–Crippen MR) is 125 cm³/mol. The van der Waals surface area contributed by atoms with Gasteiger partial charge < -0.3 is 4.90 Å². The zero-order chi connectivity index (χ0) is 20.5. The maximum atomic E-state index is 4.75. The van der Waals surface area contributed by atoms with Gasteiger partial charge in [0.1, 0.15) is 0 Å². The van der Waals surface area contributed by atoms with E-state index < -0.39 is 0 Å². The van der Waals surface area contributed by atoms with Gasteiger partial charge in [0, 0.05) is 46.0 Å². The summed E-state index contributed by atoms with van der Waals surface area (Å²) in [6, 6.07) is 26.6. The lowest BCUT2D eigenvalue weighted by Crippen LogP contribution is -2.45. The molecule has 4 nitrogen and oxygen atoms in total. The van der Waals surface area contributed by atoms with Crippen LogP contribution < -0.4 is 4.90 Å². The number of hydrogen-bond donors (Lipinski definition) is 0. The van der Waals surface area contributed by atoms with Crippen LogP contribution >= 0.6 is 0 Å². The second kappa shape index (κ2) is 7.96. The fourth-order valence-corrected chi connectivity index (χ4v) is 4.61. The summed E-state index contributed by atoms with van der Waals surface area (Å²) in [5.41, 5.74) is 8.01. The highest BCUT2D eigenvalue weighted by Crippen LogP contribution is 2.46. The Morgan fingerprint density at radius 1 is 0.767 bits per heavy atom. The van der Waals surface area contributed by atoms with Gasteiger partial charge in [0.25, 0.3) is 0 Å². The summed E-state index contributed by atoms with van der Waals surface area (Å²) in [7, 11) is 4.12. The minimum absolute atomic E-state index is 0.363. The van der Waals surface area contributed by atoms with Gasteiger partial charge in [0.15, 0.2) is 0 Å². The van der Waals surface area contributed by atoms with Gasteiger partial charge in [0.05, 0.1) is 12.3 Å². The standard InChI is InChI=1S/C26H28N4/c1-28(2)21-13-11-20(12-14-21)19-27-30-17-15-29(16-18-30)26-24-9-5-3-7-22(24)23-8-4-6-10-25(23)26/h3-14,19,26H,15-18H2,1-2H3. The van der Waals surface area contributed by atoms with Crippen molar-refractivity contribution in [1.82, 2.24) is 9.91 Å². The van der Waals surface area contributed by atoms with E-state index in [0.717, 1.165) is 31.7 Å². The normalized spacial score (nSPS) is 16.7. The molecule has 152 valence electrons. The highest BCUT2D eigenvalue weighted by molar-refractivity contribution is 5.80. The minimum atomic E-state index is 0.363. The Morgan fingerprint density at radius 2 is 1.33 bits per heavy atom. The van der Waals surface area contributed by atoms with Crippen LogP contribution in [0, 0.1) is 0 Å². The topological polar surface area (TPSA) is 22.1 Å². The van der Waals surface area contributed by atoms with Crippen molar-refractivity contribution in [3.05, 3.63) is 89.5 Å². The van der Waals surface area contributed by atoms with Crippen molar-refractivity contribution in [1.29, 1.82) is 0 Å². The highest BCUT2D eigenvalue weighted by Gasteiger charge is 2.33. The predicted octanol–water partition coefficient (Wildman–Crippen LogP) is 4.47. The van der Waals surface area contributed by atoms with Crippen LogP contribution in [-0.4, -0.2) is 56.4 Å². The van der Waals surface area contributed by atoms with Crippen LogP contribution in [0.5, 0.6) is 0 Å². The molecule has 1 fully saturated rings. The number of rotatable bonds is 4. The summed E-state index contributed by atoms with van der Waals surface area (Å²) in [5.74, 6) is 0. The zero-order valence-electron chi connectivity index (χ0n) is 17.7. The molecule has 0 radical (unpaired) electrons. The molecule has 3 aromatic rings. The summed E-state index contributed by atoms with van der Waals surface area (Å²) < 4.78 is 0. The SMILES string of the molecule is CN(C)c1ccc(C=NN2CCN(C3c4ccccc4-c4ccccc43)CC2)cc1. The Kier molecular flexibility index (Phi) is 5.01. The van der Waals surface area contributed by atoms with Crippen molar-refractivity contribution in [3.8, 4) is 11.1 Å². The molecule has 0 N–H and O–H groups in total. The average Bonchev–Trinajstić information content (AvgIpc) is 3.13. The first-order valence-electron chi connectivity index (χ1n) is 10.7. The largest absolute Gasteiger partial charge is 0.378 e. The summed E-state index contributed by atoms with van der Waals surface area (Å²) >= 11 is 0. The number of fused-ring (bicyclic) bond motifs is 3. The molecule has 0 spiro atoms. The molecule has 30 heavy (non-hydrogen) atoms. The van der Waals surface area contributed by atoms with E-state index in [9.17, 15) is 0 Å². The molecular weight excluding hydrogens is 368 g/mol. The molecule has 1 aliphatic carbocycles. The van der Waals surface area contributed by atoms with Gasteiger partial charge in [-0.3, -0.25) is 9.91 Å². The highest BCUT2D eigenvalue weighted by atomic mass is 15.5. The van der Waals surface area contributed by atoms with Gasteiger partial charge >= 0.3 is 0 Å². The van der Waals surface area contributed by atoms with E-state index in [2.05, 4.69) is 102 Å². The number of benzene rings is 3. The first-order valence-corrected chi connectivity index (χ1v) is 10.7. The van der Waals surface area contributed by atoms with E-state index in [4.69, 9.17) is 5.10 Å². The Balaban J connectivity index is 1.27. The van der Waals surface area contributed by atoms with E-state index in [1.54, 1.807) is 0 Å². The molecular formula is C26H28N4. The molecule has 0 saturated carbocycles. The fourth-order valence-electron chi connectivity index (χ4n) is 4.61. The Morgan fingerprint density at radius 3 is 1.90 bits per heavy atom. The number of nitrogens with zero attached hydrogens (tertiary/aromatic N) is 4. The molecule has 1 heterocycles. The van der Waals surface area contributed by atoms with E-state index >= 15 is 0 Å². The van der Waals surface area contributed by atoms with E-state index in [0.29, 0.717) is 6.04 Å². The number of hydrogen-bond acceptors (Lipinski definition) is 4. The summed E-state index contributed by atoms with van der Waals surface area (Å²) in [6.07, 6.45) is 1.98.